The zero-order valence-electron chi connectivity index (χ0n) is 10.9. The lowest BCUT2D eigenvalue weighted by atomic mass is 10.1. The fourth-order valence-corrected chi connectivity index (χ4v) is 2.12. The van der Waals surface area contributed by atoms with Crippen molar-refractivity contribution in [2.45, 2.75) is 6.42 Å². The molecule has 20 heavy (non-hydrogen) atoms. The Hall–Kier alpha value is -2.42. The number of ether oxygens (including phenoxy) is 1. The van der Waals surface area contributed by atoms with Crippen molar-refractivity contribution < 1.29 is 9.13 Å². The number of rotatable bonds is 4. The molecule has 0 spiro atoms. The molecule has 0 aliphatic carbocycles. The molecular weight excluding hydrogens is 253 g/mol. The number of fused-ring (bicyclic) bond motifs is 1. The number of nitrogens with zero attached hydrogens (tertiary/aromatic N) is 1. The lowest BCUT2D eigenvalue weighted by Gasteiger charge is -2.07. The van der Waals surface area contributed by atoms with E-state index < -0.39 is 0 Å². The van der Waals surface area contributed by atoms with Crippen molar-refractivity contribution in [1.29, 1.82) is 0 Å². The maximum atomic E-state index is 13.0. The minimum Gasteiger partial charge on any atom is -0.493 e. The van der Waals surface area contributed by atoms with Crippen LogP contribution in [0.25, 0.3) is 10.9 Å². The molecule has 1 aromatic heterocycles. The fraction of sp³-hybridized carbons (Fsp3) is 0.118. The molecule has 3 aromatic rings. The number of hydrogen-bond donors (Lipinski definition) is 0. The third-order valence-electron chi connectivity index (χ3n) is 3.12. The summed E-state index contributed by atoms with van der Waals surface area (Å²) in [6.07, 6.45) is 2.45. The van der Waals surface area contributed by atoms with Crippen LogP contribution in [-0.4, -0.2) is 11.6 Å². The highest BCUT2D eigenvalue weighted by atomic mass is 19.1. The Morgan fingerprint density at radius 2 is 1.95 bits per heavy atom. The molecule has 0 fully saturated rings. The second-order valence-electron chi connectivity index (χ2n) is 4.59. The molecule has 3 rings (SSSR count). The Bertz CT molecular complexity index is 727. The molecule has 0 saturated carbocycles. The first-order valence-electron chi connectivity index (χ1n) is 6.53. The van der Waals surface area contributed by atoms with Crippen LogP contribution >= 0.6 is 0 Å². The summed E-state index contributed by atoms with van der Waals surface area (Å²) in [6.45, 7) is 0.523. The van der Waals surface area contributed by atoms with Crippen LogP contribution in [0.1, 0.15) is 5.56 Å². The van der Waals surface area contributed by atoms with E-state index in [1.165, 1.54) is 12.1 Å². The van der Waals surface area contributed by atoms with Gasteiger partial charge in [-0.05, 0) is 42.0 Å². The molecule has 100 valence electrons. The summed E-state index contributed by atoms with van der Waals surface area (Å²) in [7, 11) is 0. The third kappa shape index (κ3) is 2.94. The first kappa shape index (κ1) is 12.6. The van der Waals surface area contributed by atoms with E-state index in [1.807, 2.05) is 36.4 Å². The monoisotopic (exact) mass is 267 g/mol. The summed E-state index contributed by atoms with van der Waals surface area (Å²) in [5.41, 5.74) is 1.89. The Labute approximate surface area is 116 Å². The molecule has 2 nitrogen and oxygen atoms in total. The van der Waals surface area contributed by atoms with Crippen molar-refractivity contribution in [3.05, 3.63) is 72.2 Å². The quantitative estimate of drug-likeness (QED) is 0.713. The summed E-state index contributed by atoms with van der Waals surface area (Å²) in [5, 5.41) is 1.05. The molecule has 0 aliphatic rings. The van der Waals surface area contributed by atoms with E-state index in [2.05, 4.69) is 4.98 Å². The molecule has 0 bridgehead atoms. The Kier molecular flexibility index (Phi) is 3.59. The van der Waals surface area contributed by atoms with Gasteiger partial charge in [0.25, 0.3) is 0 Å². The van der Waals surface area contributed by atoms with Gasteiger partial charge in [0.1, 0.15) is 11.6 Å². The van der Waals surface area contributed by atoms with Crippen molar-refractivity contribution in [3.8, 4) is 5.75 Å². The maximum Gasteiger partial charge on any atom is 0.123 e. The SMILES string of the molecule is Fc1cccc(CCOc2ccc3ncccc3c2)c1. The van der Waals surface area contributed by atoms with Gasteiger partial charge in [0.05, 0.1) is 12.1 Å². The number of benzene rings is 2. The third-order valence-corrected chi connectivity index (χ3v) is 3.12. The second kappa shape index (κ2) is 5.70. The molecule has 0 radical (unpaired) electrons. The van der Waals surface area contributed by atoms with Crippen LogP contribution in [0, 0.1) is 5.82 Å². The number of aromatic nitrogens is 1. The molecular formula is C17H14FNO. The van der Waals surface area contributed by atoms with E-state index in [9.17, 15) is 4.39 Å². The first-order valence-corrected chi connectivity index (χ1v) is 6.53. The standard InChI is InChI=1S/C17H14FNO/c18-15-5-1-3-13(11-15)8-10-20-16-6-7-17-14(12-16)4-2-9-19-17/h1-7,9,11-12H,8,10H2. The first-order chi connectivity index (χ1) is 9.81. The van der Waals surface area contributed by atoms with Gasteiger partial charge in [-0.15, -0.1) is 0 Å². The molecule has 0 atom stereocenters. The Morgan fingerprint density at radius 3 is 2.85 bits per heavy atom. The van der Waals surface area contributed by atoms with Crippen LogP contribution < -0.4 is 4.74 Å². The summed E-state index contributed by atoms with van der Waals surface area (Å²) in [5.74, 6) is 0.598. The van der Waals surface area contributed by atoms with Gasteiger partial charge >= 0.3 is 0 Å². The lowest BCUT2D eigenvalue weighted by molar-refractivity contribution is 0.322. The van der Waals surface area contributed by atoms with E-state index in [0.717, 1.165) is 22.2 Å². The molecule has 0 aliphatic heterocycles. The number of halogens is 1. The second-order valence-corrected chi connectivity index (χ2v) is 4.59. The highest BCUT2D eigenvalue weighted by Crippen LogP contribution is 2.19. The Balaban J connectivity index is 1.65. The van der Waals surface area contributed by atoms with Gasteiger partial charge in [-0.3, -0.25) is 4.98 Å². The number of hydrogen-bond acceptors (Lipinski definition) is 2. The average Bonchev–Trinajstić information content (AvgIpc) is 2.47. The zero-order chi connectivity index (χ0) is 13.8. The number of pyridine rings is 1. The molecule has 0 N–H and O–H groups in total. The van der Waals surface area contributed by atoms with E-state index >= 15 is 0 Å². The van der Waals surface area contributed by atoms with Gasteiger partial charge in [-0.2, -0.15) is 0 Å². The van der Waals surface area contributed by atoms with Crippen molar-refractivity contribution >= 4 is 10.9 Å². The van der Waals surface area contributed by atoms with E-state index in [-0.39, 0.29) is 5.82 Å². The largest absolute Gasteiger partial charge is 0.493 e. The highest BCUT2D eigenvalue weighted by molar-refractivity contribution is 5.79. The molecule has 0 amide bonds. The molecule has 2 aromatic carbocycles. The van der Waals surface area contributed by atoms with Crippen LogP contribution in [0.3, 0.4) is 0 Å². The maximum absolute atomic E-state index is 13.0. The van der Waals surface area contributed by atoms with Crippen LogP contribution in [0.15, 0.2) is 60.8 Å². The molecule has 3 heteroatoms. The zero-order valence-corrected chi connectivity index (χ0v) is 10.9. The average molecular weight is 267 g/mol. The van der Waals surface area contributed by atoms with Crippen LogP contribution in [0.4, 0.5) is 4.39 Å². The van der Waals surface area contributed by atoms with Crippen molar-refractivity contribution in [2.75, 3.05) is 6.61 Å². The van der Waals surface area contributed by atoms with Gasteiger partial charge in [0.15, 0.2) is 0 Å². The van der Waals surface area contributed by atoms with Crippen molar-refractivity contribution in [2.24, 2.45) is 0 Å². The summed E-state index contributed by atoms with van der Waals surface area (Å²) >= 11 is 0. The van der Waals surface area contributed by atoms with Gasteiger partial charge in [0, 0.05) is 18.0 Å². The van der Waals surface area contributed by atoms with Gasteiger partial charge in [-0.1, -0.05) is 18.2 Å². The molecule has 0 saturated heterocycles. The minimum atomic E-state index is -0.209. The van der Waals surface area contributed by atoms with Crippen molar-refractivity contribution in [3.63, 3.8) is 0 Å². The van der Waals surface area contributed by atoms with E-state index in [4.69, 9.17) is 4.74 Å². The minimum absolute atomic E-state index is 0.209. The predicted octanol–water partition coefficient (Wildman–Crippen LogP) is 4.00. The summed E-state index contributed by atoms with van der Waals surface area (Å²) < 4.78 is 18.8. The van der Waals surface area contributed by atoms with Crippen LogP contribution in [0.5, 0.6) is 5.75 Å². The predicted molar refractivity (Wildman–Crippen MR) is 77.3 cm³/mol. The van der Waals surface area contributed by atoms with Crippen molar-refractivity contribution in [1.82, 2.24) is 4.98 Å². The van der Waals surface area contributed by atoms with Gasteiger partial charge < -0.3 is 4.74 Å². The smallest absolute Gasteiger partial charge is 0.123 e. The van der Waals surface area contributed by atoms with Gasteiger partial charge in [0.2, 0.25) is 0 Å². The van der Waals surface area contributed by atoms with E-state index in [0.29, 0.717) is 13.0 Å². The highest BCUT2D eigenvalue weighted by Gasteiger charge is 1.99. The normalized spacial score (nSPS) is 10.7. The lowest BCUT2D eigenvalue weighted by Crippen LogP contribution is -2.01. The fourth-order valence-electron chi connectivity index (χ4n) is 2.12. The molecule has 1 heterocycles. The molecule has 0 unspecified atom stereocenters. The van der Waals surface area contributed by atoms with E-state index in [1.54, 1.807) is 12.3 Å². The van der Waals surface area contributed by atoms with Crippen LogP contribution in [0.2, 0.25) is 0 Å². The van der Waals surface area contributed by atoms with Crippen LogP contribution in [-0.2, 0) is 6.42 Å². The summed E-state index contributed by atoms with van der Waals surface area (Å²) in [4.78, 5) is 4.26. The van der Waals surface area contributed by atoms with Gasteiger partial charge in [-0.25, -0.2) is 4.39 Å². The summed E-state index contributed by atoms with van der Waals surface area (Å²) in [6, 6.07) is 16.3. The Morgan fingerprint density at radius 1 is 1.00 bits per heavy atom. The topological polar surface area (TPSA) is 22.1 Å².